The molecule has 0 radical (unpaired) electrons. The first kappa shape index (κ1) is 34.2. The first-order valence-corrected chi connectivity index (χ1v) is 13.6. The zero-order valence-corrected chi connectivity index (χ0v) is 24.2. The molecule has 3 rings (SSSR count). The second kappa shape index (κ2) is 20.1. The van der Waals surface area contributed by atoms with Gasteiger partial charge in [0.05, 0.1) is 49.7 Å². The Labute approximate surface area is 244 Å². The van der Waals surface area contributed by atoms with E-state index in [2.05, 4.69) is 12.2 Å². The fourth-order valence-electron chi connectivity index (χ4n) is 3.24. The van der Waals surface area contributed by atoms with Crippen LogP contribution in [0.5, 0.6) is 23.0 Å². The number of ether oxygens (including phenoxy) is 4. The summed E-state index contributed by atoms with van der Waals surface area (Å²) in [6, 6.07) is 9.35. The number of nitriles is 2. The number of hydrogen-bond donors (Lipinski definition) is 1. The number of methoxy groups -OCH3 is 2. The van der Waals surface area contributed by atoms with Gasteiger partial charge in [0.2, 0.25) is 0 Å². The number of nitrogens with two attached hydrogens (primary N) is 1. The summed E-state index contributed by atoms with van der Waals surface area (Å²) in [7, 11) is 2.91. The van der Waals surface area contributed by atoms with Gasteiger partial charge >= 0.3 is 0 Å². The number of hydrogen-bond acceptors (Lipinski definition) is 9. The fraction of sp³-hybridized carbons (Fsp3) is 0.429. The van der Waals surface area contributed by atoms with Crippen molar-refractivity contribution in [1.82, 2.24) is 0 Å². The van der Waals surface area contributed by atoms with Crippen LogP contribution < -0.4 is 24.7 Å². The highest BCUT2D eigenvalue weighted by molar-refractivity contribution is 6.18. The Bertz CT molecular complexity index is 1190. The highest BCUT2D eigenvalue weighted by Gasteiger charge is 2.19. The van der Waals surface area contributed by atoms with Gasteiger partial charge in [-0.3, -0.25) is 10.1 Å². The summed E-state index contributed by atoms with van der Waals surface area (Å²) in [6.45, 7) is 0.814. The highest BCUT2D eigenvalue weighted by Crippen LogP contribution is 2.34. The third kappa shape index (κ3) is 11.9. The summed E-state index contributed by atoms with van der Waals surface area (Å²) < 4.78 is 20.9. The number of halogens is 2. The van der Waals surface area contributed by atoms with Crippen LogP contribution in [0.2, 0.25) is 0 Å². The van der Waals surface area contributed by atoms with Crippen molar-refractivity contribution in [2.75, 3.05) is 44.9 Å². The van der Waals surface area contributed by atoms with Gasteiger partial charge in [-0.1, -0.05) is 12.2 Å². The molecular formula is C28H34Cl2N4O6. The van der Waals surface area contributed by atoms with E-state index in [9.17, 15) is 10.1 Å². The number of anilines is 1. The molecule has 2 N–H and O–H groups in total. The van der Waals surface area contributed by atoms with Crippen LogP contribution in [0.4, 0.5) is 11.4 Å². The number of nitro groups is 1. The first-order chi connectivity index (χ1) is 19.4. The molecule has 0 bridgehead atoms. The third-order valence-corrected chi connectivity index (χ3v) is 5.82. The van der Waals surface area contributed by atoms with Gasteiger partial charge in [0, 0.05) is 30.0 Å². The third-order valence-electron chi connectivity index (χ3n) is 5.28. The van der Waals surface area contributed by atoms with E-state index in [4.69, 9.17) is 58.4 Å². The molecule has 2 aromatic rings. The molecule has 0 aliphatic heterocycles. The molecule has 12 heteroatoms. The molecule has 0 atom stereocenters. The van der Waals surface area contributed by atoms with Crippen LogP contribution in [-0.2, 0) is 0 Å². The minimum atomic E-state index is -0.633. The molecule has 0 saturated carbocycles. The Morgan fingerprint density at radius 3 is 1.70 bits per heavy atom. The minimum absolute atomic E-state index is 0.0680. The summed E-state index contributed by atoms with van der Waals surface area (Å²) >= 11 is 11.0. The molecule has 1 aliphatic rings. The number of benzene rings is 2. The molecule has 0 unspecified atom stereocenters. The lowest BCUT2D eigenvalue weighted by Gasteiger charge is -2.11. The number of alkyl halides is 2. The lowest BCUT2D eigenvalue weighted by molar-refractivity contribution is -0.385. The Balaban J connectivity index is 0.000000332. The zero-order chi connectivity index (χ0) is 29.8. The first-order valence-electron chi connectivity index (χ1n) is 12.5. The van der Waals surface area contributed by atoms with Gasteiger partial charge in [-0.2, -0.15) is 10.5 Å². The highest BCUT2D eigenvalue weighted by atomic mass is 35.5. The van der Waals surface area contributed by atoms with Crippen LogP contribution in [0, 0.1) is 32.8 Å². The van der Waals surface area contributed by atoms with Gasteiger partial charge in [0.15, 0.2) is 23.0 Å². The maximum Gasteiger partial charge on any atom is 0.291 e. The van der Waals surface area contributed by atoms with Crippen molar-refractivity contribution in [3.8, 4) is 35.1 Å². The second-order valence-corrected chi connectivity index (χ2v) is 8.89. The zero-order valence-electron chi connectivity index (χ0n) is 22.7. The van der Waals surface area contributed by atoms with Crippen LogP contribution in [0.1, 0.15) is 49.7 Å². The van der Waals surface area contributed by atoms with Crippen molar-refractivity contribution in [3.63, 3.8) is 0 Å². The molecule has 0 saturated heterocycles. The van der Waals surface area contributed by atoms with Gasteiger partial charge in [0.1, 0.15) is 17.7 Å². The van der Waals surface area contributed by atoms with Gasteiger partial charge < -0.3 is 24.7 Å². The van der Waals surface area contributed by atoms with Gasteiger partial charge in [0.25, 0.3) is 5.69 Å². The van der Waals surface area contributed by atoms with E-state index in [0.29, 0.717) is 54.1 Å². The van der Waals surface area contributed by atoms with E-state index >= 15 is 0 Å². The van der Waals surface area contributed by atoms with Crippen LogP contribution in [0.15, 0.2) is 36.4 Å². The van der Waals surface area contributed by atoms with E-state index in [1.807, 2.05) is 6.07 Å². The molecule has 1 aliphatic carbocycles. The van der Waals surface area contributed by atoms with Crippen molar-refractivity contribution in [1.29, 1.82) is 10.5 Å². The van der Waals surface area contributed by atoms with Crippen molar-refractivity contribution < 1.29 is 23.9 Å². The van der Waals surface area contributed by atoms with E-state index in [0.717, 1.165) is 6.42 Å². The van der Waals surface area contributed by atoms with Gasteiger partial charge in [-0.25, -0.2) is 0 Å². The van der Waals surface area contributed by atoms with E-state index in [1.54, 1.807) is 18.2 Å². The van der Waals surface area contributed by atoms with E-state index in [1.165, 1.54) is 52.0 Å². The normalized spacial score (nSPS) is 11.3. The lowest BCUT2D eigenvalue weighted by Crippen LogP contribution is -2.02. The topological polar surface area (TPSA) is 154 Å². The predicted octanol–water partition coefficient (Wildman–Crippen LogP) is 6.76. The van der Waals surface area contributed by atoms with Crippen LogP contribution >= 0.6 is 23.2 Å². The fourth-order valence-corrected chi connectivity index (χ4v) is 3.46. The maximum absolute atomic E-state index is 10.8. The van der Waals surface area contributed by atoms with Gasteiger partial charge in [-0.05, 0) is 38.5 Å². The summed E-state index contributed by atoms with van der Waals surface area (Å²) in [6.07, 6.45) is 11.4. The average molecular weight is 594 g/mol. The Hall–Kier alpha value is -3.86. The standard InChI is InChI=1S/C11H11ClN2O4.C11H13ClN2O2.C6H10/c1-17-10-5-8(7-13)9(14(15)16)6-11(10)18-4-2-3-12;1-15-10-5-8(7-13)9(14)6-11(10)16-4-2-3-12;1-2-4-6-5-3-1/h5-6H,2-4H2,1H3;5-6H,2-4,14H2,1H3;1-2H,3-6H2. The predicted molar refractivity (Wildman–Crippen MR) is 156 cm³/mol. The molecule has 40 heavy (non-hydrogen) atoms. The quantitative estimate of drug-likeness (QED) is 0.0743. The lowest BCUT2D eigenvalue weighted by atomic mass is 10.1. The number of nitro benzene ring substituents is 1. The Morgan fingerprint density at radius 1 is 0.850 bits per heavy atom. The van der Waals surface area contributed by atoms with Crippen molar-refractivity contribution in [3.05, 3.63) is 57.7 Å². The summed E-state index contributed by atoms with van der Waals surface area (Å²) in [5.74, 6) is 2.51. The number of nitrogen functional groups attached to an aromatic ring is 1. The largest absolute Gasteiger partial charge is 0.493 e. The SMILES string of the molecule is C1=CCCCC1.COc1cc(C#N)c(N)cc1OCCCCl.COc1cc(C#N)c([N+](=O)[O-])cc1OCCCCl. The maximum atomic E-state index is 10.8. The molecule has 0 amide bonds. The Kier molecular flexibility index (Phi) is 17.2. The van der Waals surface area contributed by atoms with Crippen molar-refractivity contribution in [2.24, 2.45) is 0 Å². The van der Waals surface area contributed by atoms with Gasteiger partial charge in [-0.15, -0.1) is 23.2 Å². The molecule has 0 spiro atoms. The molecule has 0 fully saturated rings. The summed E-state index contributed by atoms with van der Waals surface area (Å²) in [5.41, 5.74) is 6.06. The van der Waals surface area contributed by atoms with Crippen LogP contribution in [0.3, 0.4) is 0 Å². The monoisotopic (exact) mass is 592 g/mol. The molecule has 10 nitrogen and oxygen atoms in total. The van der Waals surface area contributed by atoms with Crippen molar-refractivity contribution >= 4 is 34.6 Å². The molecule has 216 valence electrons. The molecule has 0 heterocycles. The Morgan fingerprint density at radius 2 is 1.32 bits per heavy atom. The van der Waals surface area contributed by atoms with Crippen LogP contribution in [0.25, 0.3) is 0 Å². The average Bonchev–Trinajstić information content (AvgIpc) is 2.98. The molecular weight excluding hydrogens is 559 g/mol. The smallest absolute Gasteiger partial charge is 0.291 e. The summed E-state index contributed by atoms with van der Waals surface area (Å²) in [5, 5.41) is 28.4. The minimum Gasteiger partial charge on any atom is -0.493 e. The molecule has 0 aromatic heterocycles. The summed E-state index contributed by atoms with van der Waals surface area (Å²) in [4.78, 5) is 10.2. The number of allylic oxidation sites excluding steroid dienone is 2. The molecule has 2 aromatic carbocycles. The van der Waals surface area contributed by atoms with Crippen molar-refractivity contribution in [2.45, 2.75) is 38.5 Å². The van der Waals surface area contributed by atoms with E-state index in [-0.39, 0.29) is 22.7 Å². The van der Waals surface area contributed by atoms with E-state index < -0.39 is 4.92 Å². The number of nitrogens with zero attached hydrogens (tertiary/aromatic N) is 3. The number of rotatable bonds is 11. The second-order valence-electron chi connectivity index (χ2n) is 8.13. The van der Waals surface area contributed by atoms with Crippen LogP contribution in [-0.4, -0.2) is 44.1 Å².